The van der Waals surface area contributed by atoms with Crippen molar-refractivity contribution in [2.75, 3.05) is 32.9 Å². The Balaban J connectivity index is 1.63. The molecule has 16 nitrogen and oxygen atoms in total. The molecule has 1 aromatic heterocycles. The predicted octanol–water partition coefficient (Wildman–Crippen LogP) is 2.29. The number of amides is 6. The molecule has 7 N–H and O–H groups in total. The van der Waals surface area contributed by atoms with Gasteiger partial charge in [-0.05, 0) is 43.9 Å². The van der Waals surface area contributed by atoms with E-state index in [9.17, 15) is 33.6 Å². The van der Waals surface area contributed by atoms with Gasteiger partial charge in [0.1, 0.15) is 12.1 Å². The number of aliphatic carboxylic acids is 1. The fraction of sp³-hybridized carbons (Fsp3) is 0.605. The number of carbonyl (C=O) groups is 7. The minimum absolute atomic E-state index is 0.00592. The molecule has 1 aromatic carbocycles. The topological polar surface area (TPSA) is 225 Å². The Morgan fingerprint density at radius 2 is 1.67 bits per heavy atom. The van der Waals surface area contributed by atoms with Gasteiger partial charge in [-0.15, -0.1) is 11.8 Å². The van der Waals surface area contributed by atoms with E-state index in [0.717, 1.165) is 33.1 Å². The molecule has 1 aliphatic heterocycles. The number of nitrogens with one attached hydrogen (secondary N) is 4. The van der Waals surface area contributed by atoms with E-state index < -0.39 is 75.9 Å². The minimum atomic E-state index is -1.19. The number of likely N-dealkylation sites (tertiary alicyclic amines) is 1. The van der Waals surface area contributed by atoms with Crippen LogP contribution in [0.1, 0.15) is 80.7 Å². The number of para-hydroxylation sites is 1. The molecule has 0 bridgehead atoms. The molecule has 6 amide bonds. The van der Waals surface area contributed by atoms with Crippen molar-refractivity contribution in [3.05, 3.63) is 47.7 Å². The number of hydrogen-bond acceptors (Lipinski definition) is 10. The lowest BCUT2D eigenvalue weighted by Gasteiger charge is -2.39. The number of carboxylic acids is 1. The summed E-state index contributed by atoms with van der Waals surface area (Å²) in [5.41, 5.74) is 6.57. The van der Waals surface area contributed by atoms with Crippen LogP contribution < -0.4 is 27.0 Å². The highest BCUT2D eigenvalue weighted by molar-refractivity contribution is 8.00. The highest BCUT2D eigenvalue weighted by Crippen LogP contribution is 2.35. The van der Waals surface area contributed by atoms with Crippen LogP contribution in [-0.2, 0) is 46.0 Å². The van der Waals surface area contributed by atoms with E-state index in [1.165, 1.54) is 0 Å². The van der Waals surface area contributed by atoms with Crippen molar-refractivity contribution < 1.29 is 38.7 Å². The molecule has 0 radical (unpaired) electrons. The summed E-state index contributed by atoms with van der Waals surface area (Å²) in [6, 6.07) is 4.21. The normalized spacial score (nSPS) is 17.6. The number of nitrogens with zero attached hydrogens (tertiary/aromatic N) is 3. The van der Waals surface area contributed by atoms with Crippen molar-refractivity contribution in [2.45, 2.75) is 116 Å². The van der Waals surface area contributed by atoms with Crippen molar-refractivity contribution in [3.63, 3.8) is 0 Å². The third-order valence-corrected chi connectivity index (χ3v) is 12.4. The quantitative estimate of drug-likeness (QED) is 0.0838. The Kier molecular flexibility index (Phi) is 17.1. The standard InChI is InChI=1S/C43H66N8O8S/c1-24(2)31(19-25(3)37(54)47-26(4)20-33(52)46-17-18-51-34(53)21-32(39(51)56)60-23-29(44)41(58)59)50(12)40(57)36(42(5,6)7)48-38(55)35(45-10)43(8,9)28-22-49(11)30-16-14-13-15-27(28)30/h13-16,19,22,24,26,29,31-32,35-36,45H,17-18,20-21,23,44H2,1-12H3,(H,46,52)(H,47,54)(H,48,55)(H,58,59)/b25-19+/t26-,29+,31-,32?,35-,36-/m1/s1. The second kappa shape index (κ2) is 20.7. The van der Waals surface area contributed by atoms with Gasteiger partial charge < -0.3 is 41.6 Å². The van der Waals surface area contributed by atoms with Gasteiger partial charge in [-0.1, -0.05) is 72.7 Å². The first-order chi connectivity index (χ1) is 27.8. The number of imide groups is 1. The molecule has 1 fully saturated rings. The first kappa shape index (κ1) is 49.6. The van der Waals surface area contributed by atoms with E-state index in [2.05, 4.69) is 21.3 Å². The average Bonchev–Trinajstić information content (AvgIpc) is 3.64. The second-order valence-corrected chi connectivity index (χ2v) is 19.0. The summed E-state index contributed by atoms with van der Waals surface area (Å²) in [5.74, 6) is -3.64. The van der Waals surface area contributed by atoms with E-state index in [1.807, 2.05) is 90.5 Å². The van der Waals surface area contributed by atoms with E-state index in [0.29, 0.717) is 5.57 Å². The van der Waals surface area contributed by atoms with Crippen molar-refractivity contribution in [1.29, 1.82) is 0 Å². The smallest absolute Gasteiger partial charge is 0.321 e. The number of aryl methyl sites for hydroxylation is 1. The number of benzene rings is 1. The van der Waals surface area contributed by atoms with Crippen molar-refractivity contribution >= 4 is 64.1 Å². The van der Waals surface area contributed by atoms with Crippen molar-refractivity contribution in [1.82, 2.24) is 35.6 Å². The van der Waals surface area contributed by atoms with Crippen LogP contribution in [0.4, 0.5) is 0 Å². The Morgan fingerprint density at radius 3 is 2.25 bits per heavy atom. The predicted molar refractivity (Wildman–Crippen MR) is 234 cm³/mol. The van der Waals surface area contributed by atoms with Crippen LogP contribution in [0.25, 0.3) is 10.9 Å². The Hall–Kier alpha value is -4.74. The summed E-state index contributed by atoms with van der Waals surface area (Å²) < 4.78 is 2.04. The number of aromatic nitrogens is 1. The second-order valence-electron chi connectivity index (χ2n) is 17.7. The lowest BCUT2D eigenvalue weighted by atomic mass is 9.76. The first-order valence-electron chi connectivity index (χ1n) is 20.3. The van der Waals surface area contributed by atoms with Crippen LogP contribution in [-0.4, -0.2) is 129 Å². The summed E-state index contributed by atoms with van der Waals surface area (Å²) in [6.07, 6.45) is 3.62. The largest absolute Gasteiger partial charge is 0.480 e. The summed E-state index contributed by atoms with van der Waals surface area (Å²) >= 11 is 1.02. The zero-order chi connectivity index (χ0) is 45.4. The van der Waals surface area contributed by atoms with Gasteiger partial charge in [-0.3, -0.25) is 38.5 Å². The lowest BCUT2D eigenvalue weighted by molar-refractivity contribution is -0.141. The number of likely N-dealkylation sites (N-methyl/N-ethyl adjacent to an activating group) is 2. The number of thioether (sulfide) groups is 1. The van der Waals surface area contributed by atoms with E-state index in [-0.39, 0.29) is 49.4 Å². The van der Waals surface area contributed by atoms with E-state index >= 15 is 0 Å². The van der Waals surface area contributed by atoms with Crippen LogP contribution >= 0.6 is 11.8 Å². The molecule has 332 valence electrons. The molecule has 60 heavy (non-hydrogen) atoms. The van der Waals surface area contributed by atoms with Crippen molar-refractivity contribution in [3.8, 4) is 0 Å². The highest BCUT2D eigenvalue weighted by atomic mass is 32.2. The molecule has 1 saturated heterocycles. The Bertz CT molecular complexity index is 1950. The molecular formula is C43H66N8O8S. The molecule has 0 aliphatic carbocycles. The van der Waals surface area contributed by atoms with Crippen LogP contribution in [0, 0.1) is 11.3 Å². The van der Waals surface area contributed by atoms with Gasteiger partial charge >= 0.3 is 5.97 Å². The lowest BCUT2D eigenvalue weighted by Crippen LogP contribution is -2.61. The average molecular weight is 855 g/mol. The number of carbonyl (C=O) groups excluding carboxylic acids is 6. The number of rotatable bonds is 20. The number of carboxylic acid groups (broad SMARTS) is 1. The highest BCUT2D eigenvalue weighted by Gasteiger charge is 2.43. The third kappa shape index (κ3) is 12.2. The zero-order valence-electron chi connectivity index (χ0n) is 37.2. The molecule has 17 heteroatoms. The molecule has 3 rings (SSSR count). The zero-order valence-corrected chi connectivity index (χ0v) is 38.0. The van der Waals surface area contributed by atoms with Crippen molar-refractivity contribution in [2.24, 2.45) is 24.1 Å². The van der Waals surface area contributed by atoms with Crippen LogP contribution in [0.5, 0.6) is 0 Å². The maximum Gasteiger partial charge on any atom is 0.321 e. The van der Waals surface area contributed by atoms with Crippen LogP contribution in [0.15, 0.2) is 42.1 Å². The minimum Gasteiger partial charge on any atom is -0.480 e. The monoisotopic (exact) mass is 854 g/mol. The number of fused-ring (bicyclic) bond motifs is 1. The summed E-state index contributed by atoms with van der Waals surface area (Å²) in [5, 5.41) is 21.1. The van der Waals surface area contributed by atoms with Gasteiger partial charge in [0, 0.05) is 79.9 Å². The van der Waals surface area contributed by atoms with Gasteiger partial charge in [0.25, 0.3) is 0 Å². The third-order valence-electron chi connectivity index (χ3n) is 11.0. The van der Waals surface area contributed by atoms with Gasteiger partial charge in [-0.2, -0.15) is 0 Å². The maximum atomic E-state index is 14.4. The fourth-order valence-corrected chi connectivity index (χ4v) is 8.61. The molecule has 2 aromatic rings. The maximum absolute atomic E-state index is 14.4. The fourth-order valence-electron chi connectivity index (χ4n) is 7.49. The van der Waals surface area contributed by atoms with E-state index in [1.54, 1.807) is 38.9 Å². The molecule has 0 saturated carbocycles. The van der Waals surface area contributed by atoms with Gasteiger partial charge in [0.05, 0.1) is 17.3 Å². The van der Waals surface area contributed by atoms with Gasteiger partial charge in [0.15, 0.2) is 0 Å². The SMILES string of the molecule is CN[C@H](C(=O)N[C@H](C(=O)N(C)[C@H](/C=C(\C)C(=O)N[C@H](C)CC(=O)NCCN1C(=O)CC(SC[C@H](N)C(=O)O)C1=O)C(C)C)C(C)(C)C)C(C)(C)c1cn(C)c2ccccc12. The summed E-state index contributed by atoms with van der Waals surface area (Å²) in [6.45, 7) is 16.9. The molecule has 2 heterocycles. The van der Waals surface area contributed by atoms with Gasteiger partial charge in [-0.25, -0.2) is 0 Å². The van der Waals surface area contributed by atoms with Crippen LogP contribution in [0.2, 0.25) is 0 Å². The van der Waals surface area contributed by atoms with E-state index in [4.69, 9.17) is 10.8 Å². The molecule has 1 unspecified atom stereocenters. The summed E-state index contributed by atoms with van der Waals surface area (Å²) in [7, 11) is 5.38. The van der Waals surface area contributed by atoms with Crippen LogP contribution in [0.3, 0.4) is 0 Å². The number of nitrogens with two attached hydrogens (primary N) is 1. The molecule has 0 spiro atoms. The molecule has 6 atom stereocenters. The Morgan fingerprint density at radius 1 is 1.03 bits per heavy atom. The molecular weight excluding hydrogens is 789 g/mol. The first-order valence-corrected chi connectivity index (χ1v) is 21.4. The van der Waals surface area contributed by atoms with Gasteiger partial charge in [0.2, 0.25) is 35.4 Å². The Labute approximate surface area is 358 Å². The summed E-state index contributed by atoms with van der Waals surface area (Å²) in [4.78, 5) is 93.3. The number of hydrogen-bond donors (Lipinski definition) is 6. The molecule has 1 aliphatic rings.